The highest BCUT2D eigenvalue weighted by atomic mass is 16.3. The van der Waals surface area contributed by atoms with Crippen molar-refractivity contribution in [2.75, 3.05) is 0 Å². The summed E-state index contributed by atoms with van der Waals surface area (Å²) in [5.74, 6) is 0.00550. The molecule has 0 bridgehead atoms. The van der Waals surface area contributed by atoms with E-state index in [1.807, 2.05) is 23.7 Å². The average Bonchev–Trinajstić information content (AvgIpc) is 2.79. The first-order chi connectivity index (χ1) is 8.79. The van der Waals surface area contributed by atoms with Crippen molar-refractivity contribution in [1.82, 2.24) is 19.7 Å². The lowest BCUT2D eigenvalue weighted by molar-refractivity contribution is 0.453. The van der Waals surface area contributed by atoms with Crippen LogP contribution in [0.3, 0.4) is 0 Å². The van der Waals surface area contributed by atoms with Gasteiger partial charge in [-0.1, -0.05) is 0 Å². The summed E-state index contributed by atoms with van der Waals surface area (Å²) < 4.78 is 1.91. The third-order valence-electron chi connectivity index (χ3n) is 2.83. The maximum atomic E-state index is 9.22. The van der Waals surface area contributed by atoms with Gasteiger partial charge in [0, 0.05) is 30.6 Å². The topological polar surface area (TPSA) is 63.8 Å². The lowest BCUT2D eigenvalue weighted by Crippen LogP contribution is -1.95. The van der Waals surface area contributed by atoms with Gasteiger partial charge >= 0.3 is 0 Å². The largest absolute Gasteiger partial charge is 0.493 e. The van der Waals surface area contributed by atoms with Crippen molar-refractivity contribution < 1.29 is 5.11 Å². The molecule has 0 spiro atoms. The van der Waals surface area contributed by atoms with Crippen LogP contribution in [0.4, 0.5) is 0 Å². The second kappa shape index (κ2) is 4.10. The summed E-state index contributed by atoms with van der Waals surface area (Å²) in [4.78, 5) is 8.25. The van der Waals surface area contributed by atoms with Gasteiger partial charge in [0.1, 0.15) is 11.2 Å². The van der Waals surface area contributed by atoms with E-state index in [1.54, 1.807) is 24.5 Å². The number of aromatic hydroxyl groups is 1. The van der Waals surface area contributed by atoms with Crippen LogP contribution >= 0.6 is 0 Å². The van der Waals surface area contributed by atoms with Crippen molar-refractivity contribution in [1.29, 1.82) is 0 Å². The maximum absolute atomic E-state index is 9.22. The van der Waals surface area contributed by atoms with E-state index in [0.29, 0.717) is 0 Å². The van der Waals surface area contributed by atoms with Crippen LogP contribution in [0.2, 0.25) is 0 Å². The number of pyridine rings is 2. The van der Waals surface area contributed by atoms with Gasteiger partial charge in [-0.3, -0.25) is 9.67 Å². The number of hydrogen-bond acceptors (Lipinski definition) is 4. The van der Waals surface area contributed by atoms with Gasteiger partial charge in [-0.05, 0) is 25.1 Å². The third kappa shape index (κ3) is 1.60. The zero-order valence-corrected chi connectivity index (χ0v) is 9.91. The van der Waals surface area contributed by atoms with E-state index in [-0.39, 0.29) is 5.88 Å². The molecule has 0 saturated carbocycles. The Hall–Kier alpha value is -2.43. The predicted molar refractivity (Wildman–Crippen MR) is 68.1 cm³/mol. The fourth-order valence-corrected chi connectivity index (χ4v) is 1.97. The van der Waals surface area contributed by atoms with Crippen molar-refractivity contribution in [3.05, 3.63) is 36.7 Å². The summed E-state index contributed by atoms with van der Waals surface area (Å²) in [5, 5.41) is 13.8. The Balaban J connectivity index is 2.26. The van der Waals surface area contributed by atoms with Gasteiger partial charge in [0.25, 0.3) is 0 Å². The number of fused-ring (bicyclic) bond motifs is 1. The summed E-state index contributed by atoms with van der Waals surface area (Å²) in [7, 11) is 0. The van der Waals surface area contributed by atoms with Crippen LogP contribution in [0.15, 0.2) is 36.7 Å². The number of aromatic nitrogens is 4. The SMILES string of the molecule is CCn1nc(-c2ccc(O)nc2)c2ncccc21. The number of hydrogen-bond donors (Lipinski definition) is 1. The standard InChI is InChI=1S/C13H12N4O/c1-2-17-10-4-3-7-14-13(10)12(16-17)9-5-6-11(18)15-8-9/h3-8H,2H2,1H3,(H,15,18). The lowest BCUT2D eigenvalue weighted by atomic mass is 10.2. The Kier molecular flexibility index (Phi) is 2.44. The minimum Gasteiger partial charge on any atom is -0.493 e. The van der Waals surface area contributed by atoms with E-state index in [9.17, 15) is 5.11 Å². The van der Waals surface area contributed by atoms with Gasteiger partial charge in [0.05, 0.1) is 5.52 Å². The molecule has 3 aromatic rings. The molecule has 0 atom stereocenters. The van der Waals surface area contributed by atoms with Gasteiger partial charge in [0.2, 0.25) is 5.88 Å². The molecule has 3 rings (SSSR count). The first-order valence-electron chi connectivity index (χ1n) is 5.76. The molecule has 5 nitrogen and oxygen atoms in total. The average molecular weight is 240 g/mol. The van der Waals surface area contributed by atoms with Crippen LogP contribution < -0.4 is 0 Å². The molecule has 3 aromatic heterocycles. The van der Waals surface area contributed by atoms with Gasteiger partial charge < -0.3 is 5.11 Å². The number of nitrogens with zero attached hydrogens (tertiary/aromatic N) is 4. The molecule has 0 saturated heterocycles. The van der Waals surface area contributed by atoms with Crippen molar-refractivity contribution in [2.45, 2.75) is 13.5 Å². The van der Waals surface area contributed by atoms with E-state index in [2.05, 4.69) is 15.1 Å². The van der Waals surface area contributed by atoms with Crippen molar-refractivity contribution in [3.8, 4) is 17.1 Å². The first kappa shape index (κ1) is 10.7. The molecule has 18 heavy (non-hydrogen) atoms. The predicted octanol–water partition coefficient (Wildman–Crippen LogP) is 2.22. The molecule has 5 heteroatoms. The summed E-state index contributed by atoms with van der Waals surface area (Å²) >= 11 is 0. The molecule has 1 N–H and O–H groups in total. The Morgan fingerprint density at radius 3 is 2.83 bits per heavy atom. The highest BCUT2D eigenvalue weighted by molar-refractivity contribution is 5.89. The van der Waals surface area contributed by atoms with Crippen LogP contribution in [0.5, 0.6) is 5.88 Å². The molecule has 0 fully saturated rings. The summed E-state index contributed by atoms with van der Waals surface area (Å²) in [5.41, 5.74) is 3.50. The van der Waals surface area contributed by atoms with E-state index in [1.165, 1.54) is 0 Å². The number of aryl methyl sites for hydroxylation is 1. The van der Waals surface area contributed by atoms with E-state index < -0.39 is 0 Å². The van der Waals surface area contributed by atoms with Gasteiger partial charge in [0.15, 0.2) is 0 Å². The Bertz CT molecular complexity index is 688. The molecular weight excluding hydrogens is 228 g/mol. The smallest absolute Gasteiger partial charge is 0.210 e. The minimum absolute atomic E-state index is 0.00550. The van der Waals surface area contributed by atoms with Crippen LogP contribution in [0.1, 0.15) is 6.92 Å². The minimum atomic E-state index is 0.00550. The van der Waals surface area contributed by atoms with E-state index in [0.717, 1.165) is 28.8 Å². The third-order valence-corrected chi connectivity index (χ3v) is 2.83. The zero-order chi connectivity index (χ0) is 12.5. The fourth-order valence-electron chi connectivity index (χ4n) is 1.97. The molecule has 90 valence electrons. The van der Waals surface area contributed by atoms with Gasteiger partial charge in [-0.15, -0.1) is 0 Å². The van der Waals surface area contributed by atoms with Crippen LogP contribution in [0.25, 0.3) is 22.3 Å². The van der Waals surface area contributed by atoms with E-state index >= 15 is 0 Å². The summed E-state index contributed by atoms with van der Waals surface area (Å²) in [6, 6.07) is 7.24. The molecule has 0 aliphatic carbocycles. The molecule has 0 aliphatic heterocycles. The Labute approximate surface area is 104 Å². The molecule has 0 radical (unpaired) electrons. The highest BCUT2D eigenvalue weighted by Gasteiger charge is 2.12. The molecular formula is C13H12N4O. The highest BCUT2D eigenvalue weighted by Crippen LogP contribution is 2.26. The molecule has 0 unspecified atom stereocenters. The van der Waals surface area contributed by atoms with Crippen molar-refractivity contribution >= 4 is 11.0 Å². The first-order valence-corrected chi connectivity index (χ1v) is 5.76. The van der Waals surface area contributed by atoms with Gasteiger partial charge in [-0.2, -0.15) is 5.10 Å². The second-order valence-electron chi connectivity index (χ2n) is 3.94. The molecule has 0 amide bonds. The van der Waals surface area contributed by atoms with E-state index in [4.69, 9.17) is 0 Å². The van der Waals surface area contributed by atoms with Crippen molar-refractivity contribution in [3.63, 3.8) is 0 Å². The summed E-state index contributed by atoms with van der Waals surface area (Å²) in [6.45, 7) is 2.83. The maximum Gasteiger partial charge on any atom is 0.210 e. The Morgan fingerprint density at radius 1 is 1.22 bits per heavy atom. The van der Waals surface area contributed by atoms with Gasteiger partial charge in [-0.25, -0.2) is 4.98 Å². The fraction of sp³-hybridized carbons (Fsp3) is 0.154. The van der Waals surface area contributed by atoms with Crippen LogP contribution in [-0.4, -0.2) is 24.9 Å². The second-order valence-corrected chi connectivity index (χ2v) is 3.94. The molecule has 0 aliphatic rings. The molecule has 0 aromatic carbocycles. The summed E-state index contributed by atoms with van der Waals surface area (Å²) in [6.07, 6.45) is 3.35. The lowest BCUT2D eigenvalue weighted by Gasteiger charge is -1.96. The normalized spacial score (nSPS) is 10.9. The quantitative estimate of drug-likeness (QED) is 0.746. The monoisotopic (exact) mass is 240 g/mol. The number of rotatable bonds is 2. The van der Waals surface area contributed by atoms with Crippen LogP contribution in [0, 0.1) is 0 Å². The zero-order valence-electron chi connectivity index (χ0n) is 9.91. The Morgan fingerprint density at radius 2 is 2.11 bits per heavy atom. The molecule has 3 heterocycles. The van der Waals surface area contributed by atoms with Crippen LogP contribution in [-0.2, 0) is 6.54 Å². The van der Waals surface area contributed by atoms with Crippen molar-refractivity contribution in [2.24, 2.45) is 0 Å².